The monoisotopic (exact) mass is 423 g/mol. The number of hydrogen-bond acceptors (Lipinski definition) is 3. The van der Waals surface area contributed by atoms with Gasteiger partial charge in [-0.25, -0.2) is 4.79 Å². The maximum atomic E-state index is 12.9. The number of nitrogens with one attached hydrogen (secondary N) is 2. The number of benzene rings is 2. The summed E-state index contributed by atoms with van der Waals surface area (Å²) in [7, 11) is 1.51. The van der Waals surface area contributed by atoms with Gasteiger partial charge in [0.25, 0.3) is 0 Å². The molecule has 0 bridgehead atoms. The molecule has 8 heteroatoms. The predicted molar refractivity (Wildman–Crippen MR) is 113 cm³/mol. The van der Waals surface area contributed by atoms with Gasteiger partial charge in [-0.3, -0.25) is 4.79 Å². The van der Waals surface area contributed by atoms with Crippen molar-refractivity contribution in [3.63, 3.8) is 0 Å². The van der Waals surface area contributed by atoms with Crippen LogP contribution in [0.5, 0.6) is 5.75 Å². The normalized spacial score (nSPS) is 10.5. The fraction of sp³-hybridized carbons (Fsp3) is 0.300. The van der Waals surface area contributed by atoms with Gasteiger partial charge in [-0.15, -0.1) is 0 Å². The summed E-state index contributed by atoms with van der Waals surface area (Å²) in [5.74, 6) is 0.284. The molecule has 150 valence electrons. The third-order valence-electron chi connectivity index (χ3n) is 3.98. The van der Waals surface area contributed by atoms with E-state index >= 15 is 0 Å². The maximum Gasteiger partial charge on any atom is 0.322 e. The third kappa shape index (κ3) is 5.78. The van der Waals surface area contributed by atoms with E-state index in [9.17, 15) is 9.59 Å². The lowest BCUT2D eigenvalue weighted by Crippen LogP contribution is -2.39. The van der Waals surface area contributed by atoms with Crippen LogP contribution in [0.2, 0.25) is 10.0 Å². The number of amides is 3. The molecular weight excluding hydrogens is 401 g/mol. The lowest BCUT2D eigenvalue weighted by molar-refractivity contribution is -0.114. The summed E-state index contributed by atoms with van der Waals surface area (Å²) in [5, 5.41) is 6.44. The highest BCUT2D eigenvalue weighted by Gasteiger charge is 2.19. The number of methoxy groups -OCH3 is 1. The number of carbonyl (C=O) groups is 2. The fourth-order valence-electron chi connectivity index (χ4n) is 2.60. The molecule has 28 heavy (non-hydrogen) atoms. The number of urea groups is 1. The molecule has 2 aromatic rings. The maximum absolute atomic E-state index is 12.9. The first kappa shape index (κ1) is 21.9. The molecule has 0 saturated carbocycles. The van der Waals surface area contributed by atoms with Gasteiger partial charge in [-0.1, -0.05) is 29.3 Å². The minimum Gasteiger partial charge on any atom is -0.495 e. The molecule has 0 saturated heterocycles. The van der Waals surface area contributed by atoms with E-state index < -0.39 is 0 Å². The van der Waals surface area contributed by atoms with Crippen molar-refractivity contribution < 1.29 is 14.3 Å². The molecule has 0 aliphatic heterocycles. The second-order valence-electron chi connectivity index (χ2n) is 6.50. The van der Waals surface area contributed by atoms with E-state index in [4.69, 9.17) is 27.9 Å². The first-order valence-electron chi connectivity index (χ1n) is 8.68. The lowest BCUT2D eigenvalue weighted by atomic mass is 10.2. The standard InChI is InChI=1S/C20H23Cl2N3O3/c1-12(2)25(11-14-5-7-16(21)17(22)9-14)20(27)24-18-10-15(23-13(3)26)6-8-19(18)28-4/h5-10,12H,11H2,1-4H3,(H,23,26)(H,24,27). The highest BCUT2D eigenvalue weighted by Crippen LogP contribution is 2.29. The topological polar surface area (TPSA) is 70.7 Å². The zero-order valence-electron chi connectivity index (χ0n) is 16.2. The van der Waals surface area contributed by atoms with Crippen LogP contribution >= 0.6 is 23.2 Å². The van der Waals surface area contributed by atoms with Crippen LogP contribution in [0.1, 0.15) is 26.3 Å². The minimum atomic E-state index is -0.306. The molecule has 0 aliphatic rings. The van der Waals surface area contributed by atoms with Crippen LogP contribution in [0.3, 0.4) is 0 Å². The molecule has 0 unspecified atom stereocenters. The summed E-state index contributed by atoms with van der Waals surface area (Å²) in [4.78, 5) is 25.9. The highest BCUT2D eigenvalue weighted by molar-refractivity contribution is 6.42. The van der Waals surface area contributed by atoms with Crippen LogP contribution in [-0.4, -0.2) is 30.0 Å². The van der Waals surface area contributed by atoms with Crippen LogP contribution in [0.15, 0.2) is 36.4 Å². The average Bonchev–Trinajstić information content (AvgIpc) is 2.62. The van der Waals surface area contributed by atoms with E-state index in [1.54, 1.807) is 35.2 Å². The summed E-state index contributed by atoms with van der Waals surface area (Å²) >= 11 is 12.0. The summed E-state index contributed by atoms with van der Waals surface area (Å²) in [6, 6.07) is 9.93. The van der Waals surface area contributed by atoms with Crippen molar-refractivity contribution in [3.05, 3.63) is 52.0 Å². The molecular formula is C20H23Cl2N3O3. The van der Waals surface area contributed by atoms with E-state index in [0.29, 0.717) is 33.7 Å². The van der Waals surface area contributed by atoms with Crippen molar-refractivity contribution in [1.29, 1.82) is 0 Å². The van der Waals surface area contributed by atoms with Gasteiger partial charge in [0.1, 0.15) is 5.75 Å². The van der Waals surface area contributed by atoms with Crippen molar-refractivity contribution in [2.75, 3.05) is 17.7 Å². The summed E-state index contributed by atoms with van der Waals surface area (Å²) in [6.07, 6.45) is 0. The Balaban J connectivity index is 2.23. The van der Waals surface area contributed by atoms with Gasteiger partial charge in [0.15, 0.2) is 0 Å². The van der Waals surface area contributed by atoms with Gasteiger partial charge >= 0.3 is 6.03 Å². The Morgan fingerprint density at radius 1 is 1.07 bits per heavy atom. The van der Waals surface area contributed by atoms with Crippen molar-refractivity contribution in [2.24, 2.45) is 0 Å². The Morgan fingerprint density at radius 3 is 2.36 bits per heavy atom. The van der Waals surface area contributed by atoms with Crippen LogP contribution in [0.4, 0.5) is 16.2 Å². The average molecular weight is 424 g/mol. The number of halogens is 2. The Morgan fingerprint density at radius 2 is 1.79 bits per heavy atom. The van der Waals surface area contributed by atoms with Gasteiger partial charge in [-0.2, -0.15) is 0 Å². The Kier molecular flexibility index (Phi) is 7.54. The first-order valence-corrected chi connectivity index (χ1v) is 9.44. The highest BCUT2D eigenvalue weighted by atomic mass is 35.5. The molecule has 2 rings (SSSR count). The molecule has 0 aliphatic carbocycles. The lowest BCUT2D eigenvalue weighted by Gasteiger charge is -2.27. The molecule has 0 radical (unpaired) electrons. The molecule has 2 N–H and O–H groups in total. The van der Waals surface area contributed by atoms with Crippen molar-refractivity contribution in [1.82, 2.24) is 4.90 Å². The fourth-order valence-corrected chi connectivity index (χ4v) is 2.92. The van der Waals surface area contributed by atoms with Crippen LogP contribution in [0, 0.1) is 0 Å². The summed E-state index contributed by atoms with van der Waals surface area (Å²) in [6.45, 7) is 5.61. The van der Waals surface area contributed by atoms with Gasteiger partial charge in [0, 0.05) is 25.2 Å². The molecule has 3 amide bonds. The second-order valence-corrected chi connectivity index (χ2v) is 7.31. The van der Waals surface area contributed by atoms with E-state index in [0.717, 1.165) is 5.56 Å². The number of nitrogens with zero attached hydrogens (tertiary/aromatic N) is 1. The Bertz CT molecular complexity index is 872. The molecule has 0 aromatic heterocycles. The van der Waals surface area contributed by atoms with E-state index in [1.165, 1.54) is 14.0 Å². The van der Waals surface area contributed by atoms with Gasteiger partial charge < -0.3 is 20.3 Å². The second kappa shape index (κ2) is 9.66. The van der Waals surface area contributed by atoms with E-state index in [-0.39, 0.29) is 18.0 Å². The molecule has 0 fully saturated rings. The number of carbonyl (C=O) groups excluding carboxylic acids is 2. The third-order valence-corrected chi connectivity index (χ3v) is 4.72. The van der Waals surface area contributed by atoms with Crippen molar-refractivity contribution in [3.8, 4) is 5.75 Å². The molecule has 0 atom stereocenters. The number of hydrogen-bond donors (Lipinski definition) is 2. The SMILES string of the molecule is COc1ccc(NC(C)=O)cc1NC(=O)N(Cc1ccc(Cl)c(Cl)c1)C(C)C. The predicted octanol–water partition coefficient (Wildman–Crippen LogP) is 5.40. The quantitative estimate of drug-likeness (QED) is 0.652. The smallest absolute Gasteiger partial charge is 0.322 e. The van der Waals surface area contributed by atoms with Crippen LogP contribution in [0.25, 0.3) is 0 Å². The zero-order chi connectivity index (χ0) is 20.8. The summed E-state index contributed by atoms with van der Waals surface area (Å²) < 4.78 is 5.32. The van der Waals surface area contributed by atoms with E-state index in [2.05, 4.69) is 10.6 Å². The number of anilines is 2. The number of rotatable bonds is 6. The zero-order valence-corrected chi connectivity index (χ0v) is 17.7. The van der Waals surface area contributed by atoms with Gasteiger partial charge in [0.05, 0.1) is 22.8 Å². The Hall–Kier alpha value is -2.44. The molecule has 0 spiro atoms. The molecule has 6 nitrogen and oxygen atoms in total. The van der Waals surface area contributed by atoms with Crippen molar-refractivity contribution in [2.45, 2.75) is 33.4 Å². The van der Waals surface area contributed by atoms with E-state index in [1.807, 2.05) is 19.9 Å². The number of ether oxygens (including phenoxy) is 1. The molecule has 2 aromatic carbocycles. The first-order chi connectivity index (χ1) is 13.2. The van der Waals surface area contributed by atoms with Gasteiger partial charge in [0.2, 0.25) is 5.91 Å². The van der Waals surface area contributed by atoms with Crippen LogP contribution in [-0.2, 0) is 11.3 Å². The molecule has 0 heterocycles. The largest absolute Gasteiger partial charge is 0.495 e. The van der Waals surface area contributed by atoms with Gasteiger partial charge in [-0.05, 0) is 49.7 Å². The minimum absolute atomic E-state index is 0.0704. The van der Waals surface area contributed by atoms with Crippen molar-refractivity contribution >= 4 is 46.5 Å². The van der Waals surface area contributed by atoms with Crippen LogP contribution < -0.4 is 15.4 Å². The summed E-state index contributed by atoms with van der Waals surface area (Å²) in [5.41, 5.74) is 1.87. The Labute approximate surface area is 174 Å².